The van der Waals surface area contributed by atoms with Crippen LogP contribution in [0.3, 0.4) is 0 Å². The van der Waals surface area contributed by atoms with Crippen LogP contribution in [0.5, 0.6) is 0 Å². The summed E-state index contributed by atoms with van der Waals surface area (Å²) in [6, 6.07) is 0. The predicted octanol–water partition coefficient (Wildman–Crippen LogP) is 0.382. The molecule has 0 aromatic carbocycles. The molecular weight excluding hydrogens is 76.1 g/mol. The molecule has 2 heteroatoms. The van der Waals surface area contributed by atoms with Gasteiger partial charge in [-0.2, -0.15) is 0 Å². The van der Waals surface area contributed by atoms with Crippen molar-refractivity contribution in [2.75, 3.05) is 0 Å². The Bertz CT molecular complexity index is 42.8. The van der Waals surface area contributed by atoms with Crippen molar-refractivity contribution in [2.24, 2.45) is 10.7 Å². The highest BCUT2D eigenvalue weighted by atomic mass is 14.9. The van der Waals surface area contributed by atoms with Crippen molar-refractivity contribution >= 4 is 6.72 Å². The van der Waals surface area contributed by atoms with Gasteiger partial charge in [0, 0.05) is 0 Å². The predicted molar refractivity (Wildman–Crippen MR) is 27.8 cm³/mol. The number of rotatable bonds is 2. The summed E-state index contributed by atoms with van der Waals surface area (Å²) in [5.41, 5.74) is 5.24. The Hall–Kier alpha value is -0.370. The number of nitrogens with two attached hydrogens (primary N) is 1. The van der Waals surface area contributed by atoms with Gasteiger partial charge in [-0.3, -0.25) is 4.99 Å². The molecule has 0 aromatic heterocycles. The minimum absolute atomic E-state index is 0.0509. The highest BCUT2D eigenvalue weighted by Gasteiger charge is 1.85. The maximum absolute atomic E-state index is 5.24. The molecule has 1 unspecified atom stereocenters. The summed E-state index contributed by atoms with van der Waals surface area (Å²) in [4.78, 5) is 3.53. The van der Waals surface area contributed by atoms with Crippen LogP contribution in [0.15, 0.2) is 4.99 Å². The van der Waals surface area contributed by atoms with E-state index in [-0.39, 0.29) is 6.17 Å². The van der Waals surface area contributed by atoms with E-state index in [1.807, 2.05) is 6.92 Å². The van der Waals surface area contributed by atoms with Crippen molar-refractivity contribution < 1.29 is 0 Å². The quantitative estimate of drug-likeness (QED) is 0.485. The molecule has 0 radical (unpaired) electrons. The lowest BCUT2D eigenvalue weighted by atomic mass is 10.4. The largest absolute Gasteiger partial charge is 0.310 e. The topological polar surface area (TPSA) is 38.4 Å². The third kappa shape index (κ3) is 1.91. The van der Waals surface area contributed by atoms with Crippen LogP contribution in [0.1, 0.15) is 13.3 Å². The van der Waals surface area contributed by atoms with Crippen LogP contribution < -0.4 is 5.73 Å². The Balaban J connectivity index is 2.96. The SMILES string of the molecule is C=NC(N)CC. The van der Waals surface area contributed by atoms with Gasteiger partial charge >= 0.3 is 0 Å². The first-order valence-corrected chi connectivity index (χ1v) is 2.02. The molecular formula is C4H10N2. The molecule has 0 aromatic rings. The molecule has 0 amide bonds. The molecule has 0 aliphatic rings. The second-order valence-corrected chi connectivity index (χ2v) is 1.16. The van der Waals surface area contributed by atoms with Crippen molar-refractivity contribution in [3.63, 3.8) is 0 Å². The van der Waals surface area contributed by atoms with Gasteiger partial charge < -0.3 is 5.73 Å². The number of hydrogen-bond acceptors (Lipinski definition) is 2. The van der Waals surface area contributed by atoms with Crippen molar-refractivity contribution in [1.29, 1.82) is 0 Å². The summed E-state index contributed by atoms with van der Waals surface area (Å²) in [6.07, 6.45) is 0.828. The van der Waals surface area contributed by atoms with Crippen LogP contribution >= 0.6 is 0 Å². The number of hydrogen-bond donors (Lipinski definition) is 1. The van der Waals surface area contributed by atoms with Gasteiger partial charge in [-0.1, -0.05) is 6.92 Å². The summed E-state index contributed by atoms with van der Waals surface area (Å²) >= 11 is 0. The van der Waals surface area contributed by atoms with Crippen molar-refractivity contribution in [3.05, 3.63) is 0 Å². The van der Waals surface area contributed by atoms with Gasteiger partial charge in [0.25, 0.3) is 0 Å². The molecule has 0 fully saturated rings. The minimum Gasteiger partial charge on any atom is -0.310 e. The number of aliphatic imine (C=N–C) groups is 1. The molecule has 36 valence electrons. The zero-order chi connectivity index (χ0) is 4.99. The van der Waals surface area contributed by atoms with Crippen LogP contribution in [0, 0.1) is 0 Å². The highest BCUT2D eigenvalue weighted by Crippen LogP contribution is 1.81. The summed E-state index contributed by atoms with van der Waals surface area (Å²) in [5, 5.41) is 0. The lowest BCUT2D eigenvalue weighted by Crippen LogP contribution is -2.13. The van der Waals surface area contributed by atoms with Gasteiger partial charge in [0.05, 0.1) is 6.17 Å². The van der Waals surface area contributed by atoms with E-state index in [1.54, 1.807) is 0 Å². The first-order chi connectivity index (χ1) is 2.81. The molecule has 0 rings (SSSR count). The molecule has 2 nitrogen and oxygen atoms in total. The molecule has 2 N–H and O–H groups in total. The minimum atomic E-state index is -0.0509. The maximum Gasteiger partial charge on any atom is 0.0959 e. The molecule has 0 saturated heterocycles. The van der Waals surface area contributed by atoms with Gasteiger partial charge in [0.1, 0.15) is 0 Å². The zero-order valence-corrected chi connectivity index (χ0v) is 4.02. The lowest BCUT2D eigenvalue weighted by molar-refractivity contribution is 0.689. The van der Waals surface area contributed by atoms with E-state index in [0.717, 1.165) is 6.42 Å². The summed E-state index contributed by atoms with van der Waals surface area (Å²) in [7, 11) is 0. The van der Waals surface area contributed by atoms with E-state index in [1.165, 1.54) is 0 Å². The first kappa shape index (κ1) is 5.63. The zero-order valence-electron chi connectivity index (χ0n) is 4.02. The average molecular weight is 86.1 g/mol. The van der Waals surface area contributed by atoms with Crippen LogP contribution in [0.2, 0.25) is 0 Å². The third-order valence-corrected chi connectivity index (χ3v) is 0.653. The summed E-state index contributed by atoms with van der Waals surface area (Å²) in [5.74, 6) is 0. The smallest absolute Gasteiger partial charge is 0.0959 e. The van der Waals surface area contributed by atoms with Gasteiger partial charge in [0.15, 0.2) is 0 Å². The van der Waals surface area contributed by atoms with Gasteiger partial charge in [-0.05, 0) is 13.1 Å². The van der Waals surface area contributed by atoms with Crippen LogP contribution in [-0.2, 0) is 0 Å². The van der Waals surface area contributed by atoms with Crippen molar-refractivity contribution in [3.8, 4) is 0 Å². The first-order valence-electron chi connectivity index (χ1n) is 2.02. The third-order valence-electron chi connectivity index (χ3n) is 0.653. The molecule has 0 bridgehead atoms. The van der Waals surface area contributed by atoms with Crippen LogP contribution in [-0.4, -0.2) is 12.9 Å². The maximum atomic E-state index is 5.24. The van der Waals surface area contributed by atoms with Gasteiger partial charge in [0.2, 0.25) is 0 Å². The Kier molecular flexibility index (Phi) is 2.67. The Morgan fingerprint density at radius 1 is 2.00 bits per heavy atom. The molecule has 0 aliphatic carbocycles. The Morgan fingerprint density at radius 2 is 2.50 bits per heavy atom. The summed E-state index contributed by atoms with van der Waals surface area (Å²) in [6.45, 7) is 5.23. The van der Waals surface area contributed by atoms with E-state index in [0.29, 0.717) is 0 Å². The standard InChI is InChI=1S/C4H10N2/c1-3-4(5)6-2/h4H,2-3,5H2,1H3. The lowest BCUT2D eigenvalue weighted by Gasteiger charge is -1.94. The molecule has 0 heterocycles. The fraction of sp³-hybridized carbons (Fsp3) is 0.750. The fourth-order valence-corrected chi connectivity index (χ4v) is 0.129. The highest BCUT2D eigenvalue weighted by molar-refractivity contribution is 5.23. The van der Waals surface area contributed by atoms with E-state index in [4.69, 9.17) is 5.73 Å². The second kappa shape index (κ2) is 2.85. The molecule has 0 spiro atoms. The normalized spacial score (nSPS) is 13.7. The second-order valence-electron chi connectivity index (χ2n) is 1.16. The molecule has 6 heavy (non-hydrogen) atoms. The molecule has 1 atom stereocenters. The van der Waals surface area contributed by atoms with E-state index in [2.05, 4.69) is 11.7 Å². The summed E-state index contributed by atoms with van der Waals surface area (Å²) < 4.78 is 0. The van der Waals surface area contributed by atoms with E-state index < -0.39 is 0 Å². The van der Waals surface area contributed by atoms with E-state index >= 15 is 0 Å². The van der Waals surface area contributed by atoms with Gasteiger partial charge in [-0.25, -0.2) is 0 Å². The Morgan fingerprint density at radius 3 is 2.50 bits per heavy atom. The Labute approximate surface area is 38.1 Å². The van der Waals surface area contributed by atoms with Crippen LogP contribution in [0.25, 0.3) is 0 Å². The van der Waals surface area contributed by atoms with Gasteiger partial charge in [-0.15, -0.1) is 0 Å². The molecule has 0 aliphatic heterocycles. The average Bonchev–Trinajstić information content (AvgIpc) is 1.65. The van der Waals surface area contributed by atoms with Crippen molar-refractivity contribution in [1.82, 2.24) is 0 Å². The number of nitrogens with zero attached hydrogens (tertiary/aromatic N) is 1. The molecule has 0 saturated carbocycles. The fourth-order valence-electron chi connectivity index (χ4n) is 0.129. The van der Waals surface area contributed by atoms with E-state index in [9.17, 15) is 0 Å². The van der Waals surface area contributed by atoms with Crippen molar-refractivity contribution in [2.45, 2.75) is 19.5 Å². The monoisotopic (exact) mass is 86.1 g/mol. The van der Waals surface area contributed by atoms with Crippen LogP contribution in [0.4, 0.5) is 0 Å².